The van der Waals surface area contributed by atoms with Gasteiger partial charge in [0.2, 0.25) is 0 Å². The number of aryl methyl sites for hydroxylation is 1. The van der Waals surface area contributed by atoms with Gasteiger partial charge in [-0.25, -0.2) is 14.1 Å². The number of rotatable bonds is 3. The van der Waals surface area contributed by atoms with Crippen LogP contribution in [0, 0.1) is 5.41 Å². The Hall–Kier alpha value is -1.51. The molecule has 8 heteroatoms. The lowest BCUT2D eigenvalue weighted by atomic mass is 9.95. The van der Waals surface area contributed by atoms with Crippen molar-refractivity contribution in [2.75, 3.05) is 13.1 Å². The SMILES string of the molecule is Cn1c(=O)n(CC(C)(C)C)c2ccc(C3CCCN(S(=O)[O-])C3)nc21. The van der Waals surface area contributed by atoms with Gasteiger partial charge in [0.15, 0.2) is 5.65 Å². The van der Waals surface area contributed by atoms with Gasteiger partial charge in [0.05, 0.1) is 5.52 Å². The van der Waals surface area contributed by atoms with E-state index in [0.717, 1.165) is 24.1 Å². The fourth-order valence-electron chi connectivity index (χ4n) is 3.46. The normalized spacial score (nSPS) is 20.9. The maximum atomic E-state index is 12.6. The zero-order chi connectivity index (χ0) is 18.4. The minimum absolute atomic E-state index is 0.0150. The van der Waals surface area contributed by atoms with E-state index in [1.54, 1.807) is 16.2 Å². The minimum atomic E-state index is -2.19. The van der Waals surface area contributed by atoms with Crippen LogP contribution in [0.3, 0.4) is 0 Å². The number of imidazole rings is 1. The lowest BCUT2D eigenvalue weighted by molar-refractivity contribution is 0.303. The molecular formula is C17H25N4O3S-. The molecule has 0 N–H and O–H groups in total. The molecule has 138 valence electrons. The van der Waals surface area contributed by atoms with E-state index in [9.17, 15) is 13.6 Å². The summed E-state index contributed by atoms with van der Waals surface area (Å²) in [6, 6.07) is 3.88. The molecule has 1 saturated heterocycles. The summed E-state index contributed by atoms with van der Waals surface area (Å²) in [6.45, 7) is 7.93. The van der Waals surface area contributed by atoms with Gasteiger partial charge in [0.25, 0.3) is 0 Å². The molecule has 1 aliphatic heterocycles. The topological polar surface area (TPSA) is 83.2 Å². The van der Waals surface area contributed by atoms with E-state index in [1.807, 2.05) is 12.1 Å². The Balaban J connectivity index is 1.99. The van der Waals surface area contributed by atoms with E-state index in [1.165, 1.54) is 4.31 Å². The molecule has 1 aliphatic rings. The Kier molecular flexibility index (Phi) is 4.87. The van der Waals surface area contributed by atoms with Crippen LogP contribution in [0.2, 0.25) is 0 Å². The predicted octanol–water partition coefficient (Wildman–Crippen LogP) is 1.75. The van der Waals surface area contributed by atoms with Crippen LogP contribution in [0.15, 0.2) is 16.9 Å². The number of hydrogen-bond acceptors (Lipinski definition) is 4. The van der Waals surface area contributed by atoms with Crippen molar-refractivity contribution in [3.05, 3.63) is 28.3 Å². The summed E-state index contributed by atoms with van der Waals surface area (Å²) < 4.78 is 27.3. The van der Waals surface area contributed by atoms with Crippen LogP contribution in [0.4, 0.5) is 0 Å². The van der Waals surface area contributed by atoms with Crippen LogP contribution in [0.5, 0.6) is 0 Å². The second-order valence-corrected chi connectivity index (χ2v) is 8.96. The van der Waals surface area contributed by atoms with Crippen molar-refractivity contribution >= 4 is 22.4 Å². The fourth-order valence-corrected chi connectivity index (χ4v) is 4.04. The summed E-state index contributed by atoms with van der Waals surface area (Å²) >= 11 is -2.19. The van der Waals surface area contributed by atoms with E-state index < -0.39 is 11.3 Å². The predicted molar refractivity (Wildman–Crippen MR) is 96.9 cm³/mol. The van der Waals surface area contributed by atoms with Gasteiger partial charge in [0, 0.05) is 49.6 Å². The van der Waals surface area contributed by atoms with Crippen molar-refractivity contribution in [1.29, 1.82) is 0 Å². The summed E-state index contributed by atoms with van der Waals surface area (Å²) in [5, 5.41) is 0. The largest absolute Gasteiger partial charge is 0.760 e. The van der Waals surface area contributed by atoms with Crippen LogP contribution >= 0.6 is 0 Å². The first-order valence-corrected chi connectivity index (χ1v) is 9.61. The monoisotopic (exact) mass is 365 g/mol. The van der Waals surface area contributed by atoms with Crippen LogP contribution in [-0.4, -0.2) is 40.3 Å². The Labute approximate surface area is 150 Å². The van der Waals surface area contributed by atoms with Gasteiger partial charge in [-0.15, -0.1) is 0 Å². The van der Waals surface area contributed by atoms with Gasteiger partial charge in [-0.1, -0.05) is 20.8 Å². The van der Waals surface area contributed by atoms with Crippen LogP contribution in [-0.2, 0) is 24.9 Å². The van der Waals surface area contributed by atoms with Gasteiger partial charge in [-0.05, 0) is 30.4 Å². The van der Waals surface area contributed by atoms with E-state index in [0.29, 0.717) is 25.3 Å². The fraction of sp³-hybridized carbons (Fsp3) is 0.647. The maximum Gasteiger partial charge on any atom is 0.330 e. The second kappa shape index (κ2) is 6.66. The summed E-state index contributed by atoms with van der Waals surface area (Å²) in [5.74, 6) is 0.0668. The third-order valence-electron chi connectivity index (χ3n) is 4.65. The van der Waals surface area contributed by atoms with E-state index in [-0.39, 0.29) is 17.0 Å². The molecule has 0 amide bonds. The smallest absolute Gasteiger partial charge is 0.330 e. The highest BCUT2D eigenvalue weighted by atomic mass is 32.2. The molecule has 0 aliphatic carbocycles. The van der Waals surface area contributed by atoms with Gasteiger partial charge in [-0.2, -0.15) is 0 Å². The average Bonchev–Trinajstić information content (AvgIpc) is 2.78. The van der Waals surface area contributed by atoms with Gasteiger partial charge >= 0.3 is 5.69 Å². The highest BCUT2D eigenvalue weighted by Crippen LogP contribution is 2.28. The minimum Gasteiger partial charge on any atom is -0.760 e. The zero-order valence-electron chi connectivity index (χ0n) is 15.2. The first-order valence-electron chi connectivity index (χ1n) is 8.58. The van der Waals surface area contributed by atoms with Crippen molar-refractivity contribution in [1.82, 2.24) is 18.4 Å². The quantitative estimate of drug-likeness (QED) is 0.776. The number of hydrogen-bond donors (Lipinski definition) is 0. The summed E-state index contributed by atoms with van der Waals surface area (Å²) in [5.41, 5.74) is 2.25. The molecule has 1 fully saturated rings. The highest BCUT2D eigenvalue weighted by Gasteiger charge is 2.24. The van der Waals surface area contributed by atoms with Crippen LogP contribution < -0.4 is 5.69 Å². The molecule has 7 nitrogen and oxygen atoms in total. The van der Waals surface area contributed by atoms with Gasteiger partial charge in [-0.3, -0.25) is 13.3 Å². The van der Waals surface area contributed by atoms with Crippen LogP contribution in [0.25, 0.3) is 11.2 Å². The Morgan fingerprint density at radius 1 is 1.36 bits per heavy atom. The lowest BCUT2D eigenvalue weighted by Gasteiger charge is -2.33. The highest BCUT2D eigenvalue weighted by molar-refractivity contribution is 7.76. The van der Waals surface area contributed by atoms with Gasteiger partial charge < -0.3 is 4.55 Å². The molecule has 3 heterocycles. The number of nitrogens with zero attached hydrogens (tertiary/aromatic N) is 4. The Morgan fingerprint density at radius 3 is 2.72 bits per heavy atom. The summed E-state index contributed by atoms with van der Waals surface area (Å²) in [4.78, 5) is 17.3. The number of pyridine rings is 1. The molecule has 0 spiro atoms. The van der Waals surface area contributed by atoms with Crippen molar-refractivity contribution in [2.45, 2.75) is 46.1 Å². The van der Waals surface area contributed by atoms with Crippen molar-refractivity contribution in [3.8, 4) is 0 Å². The number of fused-ring (bicyclic) bond motifs is 1. The molecule has 25 heavy (non-hydrogen) atoms. The molecule has 2 atom stereocenters. The maximum absolute atomic E-state index is 12.6. The first-order chi connectivity index (χ1) is 11.7. The lowest BCUT2D eigenvalue weighted by Crippen LogP contribution is -2.35. The van der Waals surface area contributed by atoms with E-state index in [4.69, 9.17) is 4.98 Å². The molecule has 3 rings (SSSR count). The molecule has 0 bridgehead atoms. The first kappa shape index (κ1) is 18.3. The van der Waals surface area contributed by atoms with Gasteiger partial charge in [0.1, 0.15) is 0 Å². The van der Waals surface area contributed by atoms with Crippen molar-refractivity contribution in [2.24, 2.45) is 12.5 Å². The van der Waals surface area contributed by atoms with Crippen LogP contribution in [0.1, 0.15) is 45.2 Å². The third-order valence-corrected chi connectivity index (χ3v) is 5.40. The Morgan fingerprint density at radius 2 is 2.08 bits per heavy atom. The molecule has 2 aromatic heterocycles. The standard InChI is InChI=1S/C17H26N4O3S/c1-17(2,3)11-21-14-8-7-13(18-15(14)19(4)16(21)22)12-6-5-9-20(10-12)25(23)24/h7-8,12H,5-6,9-11H2,1-4H3,(H,23,24)/p-1. The van der Waals surface area contributed by atoms with Crippen molar-refractivity contribution in [3.63, 3.8) is 0 Å². The van der Waals surface area contributed by atoms with E-state index >= 15 is 0 Å². The molecule has 2 unspecified atom stereocenters. The Bertz CT molecular complexity index is 865. The second-order valence-electron chi connectivity index (χ2n) is 8.01. The summed E-state index contributed by atoms with van der Waals surface area (Å²) in [6.07, 6.45) is 1.73. The van der Waals surface area contributed by atoms with Crippen molar-refractivity contribution < 1.29 is 8.76 Å². The molecular weight excluding hydrogens is 340 g/mol. The summed E-state index contributed by atoms with van der Waals surface area (Å²) in [7, 11) is 1.74. The van der Waals surface area contributed by atoms with E-state index in [2.05, 4.69) is 20.8 Å². The number of aromatic nitrogens is 3. The molecule has 2 aromatic rings. The molecule has 0 radical (unpaired) electrons. The number of piperidine rings is 1. The molecule has 0 aromatic carbocycles. The zero-order valence-corrected chi connectivity index (χ0v) is 16.0. The average molecular weight is 365 g/mol. The third kappa shape index (κ3) is 3.70. The molecule has 0 saturated carbocycles.